The average Bonchev–Trinajstić information content (AvgIpc) is 2.99. The van der Waals surface area contributed by atoms with Crippen LogP contribution in [-0.2, 0) is 30.2 Å². The molecule has 0 radical (unpaired) electrons. The molecular weight excluding hydrogens is 296 g/mol. The van der Waals surface area contributed by atoms with E-state index in [1.165, 1.54) is 23.3 Å². The maximum atomic E-state index is 12.3. The van der Waals surface area contributed by atoms with Crippen LogP contribution >= 0.6 is 0 Å². The quantitative estimate of drug-likeness (QED) is 0.620. The highest BCUT2D eigenvalue weighted by Gasteiger charge is 2.61. The zero-order valence-corrected chi connectivity index (χ0v) is 14.5. The highest BCUT2D eigenvalue weighted by Crippen LogP contribution is 2.59. The van der Waals surface area contributed by atoms with Gasteiger partial charge < -0.3 is 4.74 Å². The molecule has 1 aliphatic carbocycles. The van der Waals surface area contributed by atoms with E-state index in [4.69, 9.17) is 4.74 Å². The first kappa shape index (κ1) is 17.2. The number of carbonyl (C=O) groups is 1. The van der Waals surface area contributed by atoms with Gasteiger partial charge in [0.2, 0.25) is 0 Å². The summed E-state index contributed by atoms with van der Waals surface area (Å²) >= 11 is 0. The Kier molecular flexibility index (Phi) is 4.37. The van der Waals surface area contributed by atoms with Crippen LogP contribution in [0.2, 0.25) is 0 Å². The summed E-state index contributed by atoms with van der Waals surface area (Å²) in [5.41, 5.74) is 0.606. The summed E-state index contributed by atoms with van der Waals surface area (Å²) in [5, 5.41) is 0. The second-order valence-corrected chi connectivity index (χ2v) is 7.05. The molecule has 23 heavy (non-hydrogen) atoms. The lowest BCUT2D eigenvalue weighted by Gasteiger charge is -2.10. The van der Waals surface area contributed by atoms with E-state index in [2.05, 4.69) is 6.08 Å². The molecule has 0 N–H and O–H groups in total. The normalized spacial score (nSPS) is 21.7. The molecule has 2 rings (SSSR count). The van der Waals surface area contributed by atoms with Crippen LogP contribution in [0.3, 0.4) is 0 Å². The van der Waals surface area contributed by atoms with Gasteiger partial charge in [-0.15, -0.1) is 0 Å². The lowest BCUT2D eigenvalue weighted by atomic mass is 10.1. The molecule has 1 aromatic heterocycles. The van der Waals surface area contributed by atoms with E-state index in [0.717, 1.165) is 4.57 Å². The first-order valence-electron chi connectivity index (χ1n) is 7.65. The molecule has 0 amide bonds. The molecule has 0 saturated heterocycles. The smallest absolute Gasteiger partial charge is 0.330 e. The van der Waals surface area contributed by atoms with Gasteiger partial charge in [0.05, 0.1) is 11.6 Å². The standard InChI is InChI=1S/C17H24N2O4/c1-10(2)7-12-14(17(12,3)4)15(21)23-9-11-8-13(20)19(6)16(22)18(11)5/h7-8,12,14H,9H2,1-6H3/t12-,14-/m0/s1. The monoisotopic (exact) mass is 320 g/mol. The zero-order valence-electron chi connectivity index (χ0n) is 14.5. The van der Waals surface area contributed by atoms with Crippen LogP contribution in [0.4, 0.5) is 0 Å². The Morgan fingerprint density at radius 1 is 1.26 bits per heavy atom. The molecule has 2 atom stereocenters. The molecule has 0 aliphatic heterocycles. The first-order valence-corrected chi connectivity index (χ1v) is 7.65. The Balaban J connectivity index is 2.11. The van der Waals surface area contributed by atoms with Crippen LogP contribution in [0.1, 0.15) is 33.4 Å². The molecular formula is C17H24N2O4. The SMILES string of the molecule is CC(C)=C[C@H]1[C@@H](C(=O)OCc2cc(=O)n(C)c(=O)n2C)C1(C)C. The van der Waals surface area contributed by atoms with Gasteiger partial charge >= 0.3 is 11.7 Å². The predicted octanol–water partition coefficient (Wildman–Crippen LogP) is 1.37. The topological polar surface area (TPSA) is 70.3 Å². The molecule has 1 saturated carbocycles. The molecule has 0 spiro atoms. The van der Waals surface area contributed by atoms with Crippen LogP contribution in [0, 0.1) is 17.3 Å². The molecule has 1 aliphatic rings. The fourth-order valence-corrected chi connectivity index (χ4v) is 2.95. The minimum atomic E-state index is -0.433. The van der Waals surface area contributed by atoms with Gasteiger partial charge in [-0.25, -0.2) is 4.79 Å². The molecule has 6 heteroatoms. The molecule has 0 aromatic carbocycles. The highest BCUT2D eigenvalue weighted by molar-refractivity contribution is 5.78. The lowest BCUT2D eigenvalue weighted by Crippen LogP contribution is -2.38. The van der Waals surface area contributed by atoms with Crippen molar-refractivity contribution in [2.24, 2.45) is 31.3 Å². The Bertz CT molecular complexity index is 779. The largest absolute Gasteiger partial charge is 0.459 e. The summed E-state index contributed by atoms with van der Waals surface area (Å²) in [6, 6.07) is 1.32. The van der Waals surface area contributed by atoms with Crippen LogP contribution in [0.5, 0.6) is 0 Å². The Hall–Kier alpha value is -2.11. The first-order chi connectivity index (χ1) is 10.6. The Labute approximate surface area is 135 Å². The number of carbonyl (C=O) groups excluding carboxylic acids is 1. The summed E-state index contributed by atoms with van der Waals surface area (Å²) in [6.45, 7) is 8.02. The van der Waals surface area contributed by atoms with E-state index in [0.29, 0.717) is 5.69 Å². The molecule has 0 bridgehead atoms. The predicted molar refractivity (Wildman–Crippen MR) is 86.9 cm³/mol. The van der Waals surface area contributed by atoms with Crippen molar-refractivity contribution >= 4 is 5.97 Å². The molecule has 0 unspecified atom stereocenters. The van der Waals surface area contributed by atoms with Gasteiger partial charge in [0.15, 0.2) is 0 Å². The fourth-order valence-electron chi connectivity index (χ4n) is 2.95. The van der Waals surface area contributed by atoms with Gasteiger partial charge in [0, 0.05) is 20.2 Å². The van der Waals surface area contributed by atoms with Gasteiger partial charge in [-0.1, -0.05) is 25.5 Å². The van der Waals surface area contributed by atoms with Gasteiger partial charge in [0.1, 0.15) is 6.61 Å². The van der Waals surface area contributed by atoms with Crippen molar-refractivity contribution in [3.63, 3.8) is 0 Å². The highest BCUT2D eigenvalue weighted by atomic mass is 16.5. The number of esters is 1. The van der Waals surface area contributed by atoms with Crippen molar-refractivity contribution < 1.29 is 9.53 Å². The van der Waals surface area contributed by atoms with Gasteiger partial charge in [-0.05, 0) is 25.2 Å². The number of rotatable bonds is 4. The second kappa shape index (κ2) is 5.83. The molecule has 126 valence electrons. The van der Waals surface area contributed by atoms with Gasteiger partial charge in [-0.3, -0.25) is 18.7 Å². The van der Waals surface area contributed by atoms with Crippen molar-refractivity contribution in [3.8, 4) is 0 Å². The molecule has 1 fully saturated rings. The van der Waals surface area contributed by atoms with Gasteiger partial charge in [-0.2, -0.15) is 0 Å². The molecule has 1 heterocycles. The third-order valence-electron chi connectivity index (χ3n) is 4.67. The Morgan fingerprint density at radius 2 is 1.87 bits per heavy atom. The third-order valence-corrected chi connectivity index (χ3v) is 4.67. The summed E-state index contributed by atoms with van der Waals surface area (Å²) in [7, 11) is 2.97. The summed E-state index contributed by atoms with van der Waals surface area (Å²) in [4.78, 5) is 35.8. The van der Waals surface area contributed by atoms with Crippen LogP contribution in [-0.4, -0.2) is 15.1 Å². The maximum Gasteiger partial charge on any atom is 0.330 e. The minimum absolute atomic E-state index is 0.0746. The van der Waals surface area contributed by atoms with E-state index in [-0.39, 0.29) is 29.8 Å². The number of allylic oxidation sites excluding steroid dienone is 2. The van der Waals surface area contributed by atoms with Crippen molar-refractivity contribution in [3.05, 3.63) is 44.2 Å². The van der Waals surface area contributed by atoms with E-state index >= 15 is 0 Å². The van der Waals surface area contributed by atoms with E-state index in [1.54, 1.807) is 7.05 Å². The number of nitrogens with zero attached hydrogens (tertiary/aromatic N) is 2. The summed E-state index contributed by atoms with van der Waals surface area (Å²) < 4.78 is 7.69. The third kappa shape index (κ3) is 3.16. The van der Waals surface area contributed by atoms with E-state index in [1.807, 2.05) is 27.7 Å². The molecule has 6 nitrogen and oxygen atoms in total. The van der Waals surface area contributed by atoms with Crippen molar-refractivity contribution in [1.29, 1.82) is 0 Å². The maximum absolute atomic E-state index is 12.3. The van der Waals surface area contributed by atoms with Crippen LogP contribution in [0.25, 0.3) is 0 Å². The van der Waals surface area contributed by atoms with Crippen LogP contribution in [0.15, 0.2) is 27.3 Å². The second-order valence-electron chi connectivity index (χ2n) is 7.05. The van der Waals surface area contributed by atoms with Crippen molar-refractivity contribution in [1.82, 2.24) is 9.13 Å². The minimum Gasteiger partial charge on any atom is -0.459 e. The molecule has 1 aromatic rings. The fraction of sp³-hybridized carbons (Fsp3) is 0.588. The summed E-state index contributed by atoms with van der Waals surface area (Å²) in [5.74, 6) is -0.293. The van der Waals surface area contributed by atoms with E-state index in [9.17, 15) is 14.4 Å². The number of aromatic nitrogens is 2. The number of hydrogen-bond acceptors (Lipinski definition) is 4. The van der Waals surface area contributed by atoms with Crippen LogP contribution < -0.4 is 11.2 Å². The van der Waals surface area contributed by atoms with Gasteiger partial charge in [0.25, 0.3) is 5.56 Å². The van der Waals surface area contributed by atoms with E-state index < -0.39 is 11.2 Å². The lowest BCUT2D eigenvalue weighted by molar-refractivity contribution is -0.147. The average molecular weight is 320 g/mol. The Morgan fingerprint density at radius 3 is 2.43 bits per heavy atom. The number of ether oxygens (including phenoxy) is 1. The number of hydrogen-bond donors (Lipinski definition) is 0. The van der Waals surface area contributed by atoms with Crippen molar-refractivity contribution in [2.45, 2.75) is 34.3 Å². The zero-order chi connectivity index (χ0) is 17.5. The van der Waals surface area contributed by atoms with Crippen molar-refractivity contribution in [2.75, 3.05) is 0 Å². The summed E-state index contributed by atoms with van der Waals surface area (Å²) in [6.07, 6.45) is 2.10.